The molecular weight excluding hydrogens is 334 g/mol. The van der Waals surface area contributed by atoms with E-state index in [4.69, 9.17) is 4.74 Å². The van der Waals surface area contributed by atoms with E-state index in [1.807, 2.05) is 19.1 Å². The Bertz CT molecular complexity index is 840. The molecule has 0 heterocycles. The minimum atomic E-state index is -0.926. The summed E-state index contributed by atoms with van der Waals surface area (Å²) in [5, 5.41) is 10.7. The lowest BCUT2D eigenvalue weighted by Crippen LogP contribution is -2.23. The molecule has 0 saturated heterocycles. The first kappa shape index (κ1) is 19.1. The molecule has 2 rings (SSSR count). The first-order valence-corrected chi connectivity index (χ1v) is 8.17. The Kier molecular flexibility index (Phi) is 6.38. The smallest absolute Gasteiger partial charge is 0.331 e. The van der Waals surface area contributed by atoms with E-state index in [9.17, 15) is 19.7 Å². The molecule has 2 aromatic carbocycles. The second kappa shape index (κ2) is 8.71. The number of carbonyl (C=O) groups excluding carboxylic acids is 2. The number of non-ortho nitro benzene ring substituents is 1. The van der Waals surface area contributed by atoms with Crippen molar-refractivity contribution in [3.8, 4) is 0 Å². The van der Waals surface area contributed by atoms with Gasteiger partial charge < -0.3 is 4.74 Å². The lowest BCUT2D eigenvalue weighted by atomic mass is 10.0. The molecule has 0 spiro atoms. The number of nitrogens with zero attached hydrogens (tertiary/aromatic N) is 1. The second-order valence-electron chi connectivity index (χ2n) is 5.68. The Labute approximate surface area is 151 Å². The van der Waals surface area contributed by atoms with Gasteiger partial charge in [-0.05, 0) is 30.5 Å². The van der Waals surface area contributed by atoms with Crippen LogP contribution in [-0.2, 0) is 16.0 Å². The number of ether oxygens (including phenoxy) is 1. The number of nitro benzene ring substituents is 1. The third kappa shape index (κ3) is 5.11. The van der Waals surface area contributed by atoms with Crippen molar-refractivity contribution in [3.05, 3.63) is 81.4 Å². The van der Waals surface area contributed by atoms with Gasteiger partial charge in [0, 0.05) is 23.8 Å². The van der Waals surface area contributed by atoms with Crippen molar-refractivity contribution in [2.24, 2.45) is 0 Å². The van der Waals surface area contributed by atoms with E-state index in [2.05, 4.69) is 0 Å². The molecule has 0 fully saturated rings. The molecule has 134 valence electrons. The summed E-state index contributed by atoms with van der Waals surface area (Å²) in [6.07, 6.45) is 2.50. The minimum Gasteiger partial charge on any atom is -0.451 e. The summed E-state index contributed by atoms with van der Waals surface area (Å²) in [7, 11) is 0. The van der Waals surface area contributed by atoms with Crippen LogP contribution in [0.25, 0.3) is 6.08 Å². The maximum Gasteiger partial charge on any atom is 0.331 e. The first-order valence-electron chi connectivity index (χ1n) is 8.17. The van der Waals surface area contributed by atoms with Gasteiger partial charge in [0.1, 0.15) is 0 Å². The van der Waals surface area contributed by atoms with Crippen molar-refractivity contribution in [1.82, 2.24) is 0 Å². The van der Waals surface area contributed by atoms with Crippen LogP contribution in [-0.4, -0.2) is 22.8 Å². The van der Waals surface area contributed by atoms with Gasteiger partial charge in [-0.3, -0.25) is 14.9 Å². The molecule has 0 aliphatic carbocycles. The lowest BCUT2D eigenvalue weighted by Gasteiger charge is -2.11. The van der Waals surface area contributed by atoms with Crippen LogP contribution in [0.4, 0.5) is 5.69 Å². The van der Waals surface area contributed by atoms with Gasteiger partial charge in [-0.15, -0.1) is 0 Å². The maximum atomic E-state index is 12.3. The zero-order chi connectivity index (χ0) is 19.1. The molecule has 0 bridgehead atoms. The monoisotopic (exact) mass is 353 g/mol. The molecular formula is C20H19NO5. The first-order chi connectivity index (χ1) is 12.4. The zero-order valence-corrected chi connectivity index (χ0v) is 14.5. The lowest BCUT2D eigenvalue weighted by molar-refractivity contribution is -0.384. The highest BCUT2D eigenvalue weighted by Crippen LogP contribution is 2.14. The number of hydrogen-bond acceptors (Lipinski definition) is 5. The van der Waals surface area contributed by atoms with Crippen LogP contribution < -0.4 is 0 Å². The molecule has 0 saturated carbocycles. The third-order valence-corrected chi connectivity index (χ3v) is 3.80. The summed E-state index contributed by atoms with van der Waals surface area (Å²) >= 11 is 0. The maximum absolute atomic E-state index is 12.3. The molecule has 0 N–H and O–H groups in total. The van der Waals surface area contributed by atoms with Gasteiger partial charge in [-0.2, -0.15) is 0 Å². The Hall–Kier alpha value is -3.28. The molecule has 6 nitrogen and oxygen atoms in total. The number of Topliss-reactive ketones (excluding diaryl/α,β-unsaturated/α-hetero) is 1. The van der Waals surface area contributed by atoms with Gasteiger partial charge >= 0.3 is 5.97 Å². The van der Waals surface area contributed by atoms with Crippen LogP contribution in [0.15, 0.2) is 54.6 Å². The Morgan fingerprint density at radius 2 is 1.88 bits per heavy atom. The zero-order valence-electron chi connectivity index (χ0n) is 14.5. The SMILES string of the molecule is CCc1ccc(C(=O)[C@H](C)OC(=O)/C=C/c2cccc([N+](=O)[O-])c2)cc1. The van der Waals surface area contributed by atoms with Gasteiger partial charge in [-0.25, -0.2) is 4.79 Å². The standard InChI is InChI=1S/C20H19NO5/c1-3-15-7-10-17(11-8-15)20(23)14(2)26-19(22)12-9-16-5-4-6-18(13-16)21(24)25/h4-14H,3H2,1-2H3/b12-9+/t14-/m0/s1. The third-order valence-electron chi connectivity index (χ3n) is 3.80. The van der Waals surface area contributed by atoms with E-state index < -0.39 is 17.0 Å². The van der Waals surface area contributed by atoms with Gasteiger partial charge in [0.25, 0.3) is 5.69 Å². The number of nitro groups is 1. The molecule has 2 aromatic rings. The van der Waals surface area contributed by atoms with E-state index in [0.29, 0.717) is 11.1 Å². The van der Waals surface area contributed by atoms with Gasteiger partial charge in [0.05, 0.1) is 4.92 Å². The van der Waals surface area contributed by atoms with Crippen molar-refractivity contribution in [1.29, 1.82) is 0 Å². The number of ketones is 1. The van der Waals surface area contributed by atoms with E-state index in [1.54, 1.807) is 18.2 Å². The van der Waals surface area contributed by atoms with Crippen LogP contribution in [0.5, 0.6) is 0 Å². The Morgan fingerprint density at radius 3 is 2.50 bits per heavy atom. The van der Waals surface area contributed by atoms with Gasteiger partial charge in [-0.1, -0.05) is 43.3 Å². The highest BCUT2D eigenvalue weighted by Gasteiger charge is 2.18. The molecule has 0 unspecified atom stereocenters. The summed E-state index contributed by atoms with van der Waals surface area (Å²) in [6.45, 7) is 3.53. The van der Waals surface area contributed by atoms with Gasteiger partial charge in [0.2, 0.25) is 5.78 Å². The van der Waals surface area contributed by atoms with Gasteiger partial charge in [0.15, 0.2) is 6.10 Å². The molecule has 0 aromatic heterocycles. The van der Waals surface area contributed by atoms with E-state index in [1.165, 1.54) is 31.2 Å². The molecule has 0 radical (unpaired) electrons. The molecule has 0 aliphatic rings. The highest BCUT2D eigenvalue weighted by atomic mass is 16.6. The number of esters is 1. The molecule has 0 amide bonds. The van der Waals surface area contributed by atoms with E-state index in [0.717, 1.165) is 18.1 Å². The fourth-order valence-electron chi connectivity index (χ4n) is 2.31. The quantitative estimate of drug-likeness (QED) is 0.247. The summed E-state index contributed by atoms with van der Waals surface area (Å²) in [6, 6.07) is 13.0. The van der Waals surface area contributed by atoms with Crippen LogP contribution >= 0.6 is 0 Å². The minimum absolute atomic E-state index is 0.0698. The van der Waals surface area contributed by atoms with Crippen molar-refractivity contribution >= 4 is 23.5 Å². The summed E-state index contributed by atoms with van der Waals surface area (Å²) in [5.41, 5.74) is 2.01. The van der Waals surface area contributed by atoms with Crippen LogP contribution in [0.1, 0.15) is 35.3 Å². The summed E-state index contributed by atoms with van der Waals surface area (Å²) in [5.74, 6) is -0.979. The summed E-state index contributed by atoms with van der Waals surface area (Å²) in [4.78, 5) is 34.4. The van der Waals surface area contributed by atoms with Crippen molar-refractivity contribution in [2.45, 2.75) is 26.4 Å². The average molecular weight is 353 g/mol. The Morgan fingerprint density at radius 1 is 1.19 bits per heavy atom. The van der Waals surface area contributed by atoms with E-state index in [-0.39, 0.29) is 11.5 Å². The van der Waals surface area contributed by atoms with E-state index >= 15 is 0 Å². The number of carbonyl (C=O) groups is 2. The molecule has 6 heteroatoms. The van der Waals surface area contributed by atoms with Crippen molar-refractivity contribution < 1.29 is 19.2 Å². The topological polar surface area (TPSA) is 86.5 Å². The van der Waals surface area contributed by atoms with Crippen LogP contribution in [0.3, 0.4) is 0 Å². The normalized spacial score (nSPS) is 11.9. The Balaban J connectivity index is 1.98. The second-order valence-corrected chi connectivity index (χ2v) is 5.68. The molecule has 26 heavy (non-hydrogen) atoms. The van der Waals surface area contributed by atoms with Crippen molar-refractivity contribution in [3.63, 3.8) is 0 Å². The highest BCUT2D eigenvalue weighted by molar-refractivity contribution is 6.01. The predicted molar refractivity (Wildman–Crippen MR) is 97.8 cm³/mol. The van der Waals surface area contributed by atoms with Crippen molar-refractivity contribution in [2.75, 3.05) is 0 Å². The molecule has 0 aliphatic heterocycles. The number of hydrogen-bond donors (Lipinski definition) is 0. The number of benzene rings is 2. The number of aryl methyl sites for hydroxylation is 1. The van der Waals surface area contributed by atoms with Crippen LogP contribution in [0.2, 0.25) is 0 Å². The fraction of sp³-hybridized carbons (Fsp3) is 0.200. The predicted octanol–water partition coefficient (Wildman–Crippen LogP) is 3.99. The number of rotatable bonds is 7. The molecule has 1 atom stereocenters. The van der Waals surface area contributed by atoms with Crippen LogP contribution in [0, 0.1) is 10.1 Å². The summed E-state index contributed by atoms with van der Waals surface area (Å²) < 4.78 is 5.11. The average Bonchev–Trinajstić information content (AvgIpc) is 2.66. The fourth-order valence-corrected chi connectivity index (χ4v) is 2.31. The largest absolute Gasteiger partial charge is 0.451 e.